The Morgan fingerprint density at radius 1 is 0.950 bits per heavy atom. The Hall–Kier alpha value is -4.34. The molecule has 0 radical (unpaired) electrons. The minimum atomic E-state index is -4.09. The van der Waals surface area contributed by atoms with Gasteiger partial charge in [0.25, 0.3) is 5.91 Å². The zero-order chi connectivity index (χ0) is 28.0. The molecule has 9 heteroatoms. The summed E-state index contributed by atoms with van der Waals surface area (Å²) in [4.78, 5) is 32.5. The molecule has 0 aliphatic carbocycles. The number of aromatic nitrogens is 1. The van der Waals surface area contributed by atoms with Crippen LogP contribution >= 0.6 is 0 Å². The number of carbonyl (C=O) groups excluding carboxylic acids is 2. The van der Waals surface area contributed by atoms with E-state index in [2.05, 4.69) is 4.98 Å². The van der Waals surface area contributed by atoms with Crippen molar-refractivity contribution in [2.24, 2.45) is 0 Å². The minimum Gasteiger partial charge on any atom is -0.436 e. The van der Waals surface area contributed by atoms with Crippen molar-refractivity contribution >= 4 is 49.4 Å². The van der Waals surface area contributed by atoms with Crippen molar-refractivity contribution in [2.45, 2.75) is 43.7 Å². The van der Waals surface area contributed by atoms with Crippen molar-refractivity contribution in [3.63, 3.8) is 0 Å². The SMILES string of the molecule is CCC(C)N(C1CC(=O)N(c2ccc(-c3nc4ccccc4o3)cc2)C1=O)S(=O)(=O)c1ccc2ccccc2c1. The molecule has 1 aromatic heterocycles. The molecule has 0 bridgehead atoms. The molecule has 1 saturated heterocycles. The monoisotopic (exact) mass is 553 g/mol. The lowest BCUT2D eigenvalue weighted by Gasteiger charge is -2.31. The predicted molar refractivity (Wildman–Crippen MR) is 153 cm³/mol. The van der Waals surface area contributed by atoms with Crippen LogP contribution in [0.5, 0.6) is 0 Å². The fraction of sp³-hybridized carbons (Fsp3) is 0.194. The predicted octanol–water partition coefficient (Wildman–Crippen LogP) is 5.77. The molecule has 40 heavy (non-hydrogen) atoms. The van der Waals surface area contributed by atoms with Gasteiger partial charge in [-0.1, -0.05) is 49.4 Å². The van der Waals surface area contributed by atoms with Crippen LogP contribution in [0.25, 0.3) is 33.3 Å². The molecule has 6 rings (SSSR count). The number of hydrogen-bond acceptors (Lipinski definition) is 6. The lowest BCUT2D eigenvalue weighted by atomic mass is 10.1. The number of para-hydroxylation sites is 2. The lowest BCUT2D eigenvalue weighted by molar-refractivity contribution is -0.122. The number of nitrogens with zero attached hydrogens (tertiary/aromatic N) is 3. The van der Waals surface area contributed by atoms with E-state index in [9.17, 15) is 18.0 Å². The first-order valence-electron chi connectivity index (χ1n) is 13.1. The minimum absolute atomic E-state index is 0.0906. The zero-order valence-corrected chi connectivity index (χ0v) is 22.8. The normalized spacial score (nSPS) is 16.9. The average Bonchev–Trinajstić information content (AvgIpc) is 3.53. The second-order valence-corrected chi connectivity index (χ2v) is 11.8. The van der Waals surface area contributed by atoms with Gasteiger partial charge in [0, 0.05) is 11.6 Å². The number of fused-ring (bicyclic) bond motifs is 2. The number of rotatable bonds is 7. The Kier molecular flexibility index (Phi) is 6.48. The summed E-state index contributed by atoms with van der Waals surface area (Å²) in [5.41, 5.74) is 2.44. The Balaban J connectivity index is 1.31. The first-order chi connectivity index (χ1) is 19.3. The van der Waals surface area contributed by atoms with Gasteiger partial charge in [0.05, 0.1) is 17.0 Å². The highest BCUT2D eigenvalue weighted by molar-refractivity contribution is 7.89. The van der Waals surface area contributed by atoms with Crippen molar-refractivity contribution in [1.82, 2.24) is 9.29 Å². The first kappa shape index (κ1) is 25.9. The highest BCUT2D eigenvalue weighted by Gasteiger charge is 2.48. The van der Waals surface area contributed by atoms with Crippen LogP contribution < -0.4 is 4.90 Å². The number of oxazole rings is 1. The largest absolute Gasteiger partial charge is 0.436 e. The summed E-state index contributed by atoms with van der Waals surface area (Å²) >= 11 is 0. The first-order valence-corrected chi connectivity index (χ1v) is 14.6. The number of anilines is 1. The smallest absolute Gasteiger partial charge is 0.252 e. The Labute approximate surface area is 231 Å². The van der Waals surface area contributed by atoms with E-state index < -0.39 is 33.9 Å². The summed E-state index contributed by atoms with van der Waals surface area (Å²) in [5.74, 6) is -0.593. The van der Waals surface area contributed by atoms with Crippen molar-refractivity contribution < 1.29 is 22.4 Å². The van der Waals surface area contributed by atoms with Crippen LogP contribution in [0.2, 0.25) is 0 Å². The van der Waals surface area contributed by atoms with E-state index in [4.69, 9.17) is 4.42 Å². The second kappa shape index (κ2) is 10.0. The highest BCUT2D eigenvalue weighted by Crippen LogP contribution is 2.33. The molecule has 1 fully saturated rings. The Morgan fingerprint density at radius 2 is 1.65 bits per heavy atom. The molecule has 0 N–H and O–H groups in total. The average molecular weight is 554 g/mol. The molecule has 5 aromatic rings. The number of imide groups is 1. The number of benzene rings is 4. The number of amides is 2. The van der Waals surface area contributed by atoms with E-state index in [1.807, 2.05) is 55.5 Å². The van der Waals surface area contributed by atoms with Crippen molar-refractivity contribution in [2.75, 3.05) is 4.90 Å². The topological polar surface area (TPSA) is 101 Å². The molecule has 2 heterocycles. The maximum absolute atomic E-state index is 14.0. The summed E-state index contributed by atoms with van der Waals surface area (Å²) in [6, 6.07) is 24.9. The molecular formula is C31H27N3O5S. The van der Waals surface area contributed by atoms with Gasteiger partial charge in [-0.25, -0.2) is 18.3 Å². The van der Waals surface area contributed by atoms with Gasteiger partial charge in [0.2, 0.25) is 21.8 Å². The van der Waals surface area contributed by atoms with E-state index in [0.717, 1.165) is 21.2 Å². The van der Waals surface area contributed by atoms with E-state index in [1.54, 1.807) is 49.4 Å². The van der Waals surface area contributed by atoms with E-state index in [1.165, 1.54) is 4.31 Å². The third-order valence-corrected chi connectivity index (χ3v) is 9.44. The van der Waals surface area contributed by atoms with Gasteiger partial charge >= 0.3 is 0 Å². The quantitative estimate of drug-likeness (QED) is 0.237. The molecule has 2 atom stereocenters. The van der Waals surface area contributed by atoms with E-state index >= 15 is 0 Å². The maximum Gasteiger partial charge on any atom is 0.252 e. The molecule has 202 valence electrons. The van der Waals surface area contributed by atoms with E-state index in [-0.39, 0.29) is 11.3 Å². The molecule has 2 amide bonds. The highest BCUT2D eigenvalue weighted by atomic mass is 32.2. The Bertz CT molecular complexity index is 1830. The van der Waals surface area contributed by atoms with Crippen molar-refractivity contribution in [3.8, 4) is 11.5 Å². The Morgan fingerprint density at radius 3 is 2.38 bits per heavy atom. The van der Waals surface area contributed by atoms with Crippen molar-refractivity contribution in [1.29, 1.82) is 0 Å². The second-order valence-electron chi connectivity index (χ2n) is 9.92. The molecular weight excluding hydrogens is 526 g/mol. The van der Waals surface area contributed by atoms with Gasteiger partial charge in [-0.05, 0) is 72.6 Å². The van der Waals surface area contributed by atoms with Gasteiger partial charge in [-0.15, -0.1) is 0 Å². The lowest BCUT2D eigenvalue weighted by Crippen LogP contribution is -2.49. The van der Waals surface area contributed by atoms with Crippen molar-refractivity contribution in [3.05, 3.63) is 91.0 Å². The van der Waals surface area contributed by atoms with Crippen LogP contribution in [0.3, 0.4) is 0 Å². The summed E-state index contributed by atoms with van der Waals surface area (Å²) in [6.07, 6.45) is 0.243. The van der Waals surface area contributed by atoms with Crippen LogP contribution in [0, 0.1) is 0 Å². The van der Waals surface area contributed by atoms with E-state index in [0.29, 0.717) is 29.1 Å². The van der Waals surface area contributed by atoms with Crippen LogP contribution in [0.15, 0.2) is 100 Å². The molecule has 4 aromatic carbocycles. The molecule has 8 nitrogen and oxygen atoms in total. The standard InChI is InChI=1S/C31H27N3O5S/c1-3-20(2)34(40(37,38)25-17-14-21-8-4-5-9-23(21)18-25)27-19-29(35)33(31(27)36)24-15-12-22(13-16-24)30-32-26-10-6-7-11-28(26)39-30/h4-18,20,27H,3,19H2,1-2H3. The van der Waals surface area contributed by atoms with Gasteiger partial charge in [-0.2, -0.15) is 4.31 Å². The molecule has 2 unspecified atom stereocenters. The zero-order valence-electron chi connectivity index (χ0n) is 22.0. The number of carbonyl (C=O) groups is 2. The van der Waals surface area contributed by atoms with Crippen LogP contribution in [0.4, 0.5) is 5.69 Å². The van der Waals surface area contributed by atoms with Gasteiger partial charge < -0.3 is 4.42 Å². The fourth-order valence-corrected chi connectivity index (χ4v) is 7.06. The van der Waals surface area contributed by atoms with Gasteiger partial charge in [0.1, 0.15) is 11.6 Å². The molecule has 0 saturated carbocycles. The molecule has 1 aliphatic rings. The summed E-state index contributed by atoms with van der Waals surface area (Å²) in [6.45, 7) is 3.62. The number of sulfonamides is 1. The third-order valence-electron chi connectivity index (χ3n) is 7.42. The summed E-state index contributed by atoms with van der Waals surface area (Å²) in [5, 5.41) is 1.69. The van der Waals surface area contributed by atoms with Crippen LogP contribution in [-0.4, -0.2) is 41.6 Å². The summed E-state index contributed by atoms with van der Waals surface area (Å²) in [7, 11) is -4.09. The van der Waals surface area contributed by atoms with Gasteiger partial charge in [-0.3, -0.25) is 9.59 Å². The van der Waals surface area contributed by atoms with Crippen LogP contribution in [0.1, 0.15) is 26.7 Å². The third kappa shape index (κ3) is 4.37. The summed E-state index contributed by atoms with van der Waals surface area (Å²) < 4.78 is 35.0. The molecule has 1 aliphatic heterocycles. The maximum atomic E-state index is 14.0. The molecule has 0 spiro atoms. The van der Waals surface area contributed by atoms with Gasteiger partial charge in [0.15, 0.2) is 5.58 Å². The number of hydrogen-bond donors (Lipinski definition) is 0. The fourth-order valence-electron chi connectivity index (χ4n) is 5.18. The van der Waals surface area contributed by atoms with Crippen LogP contribution in [-0.2, 0) is 19.6 Å².